The van der Waals surface area contributed by atoms with Crippen LogP contribution in [0, 0.1) is 5.82 Å². The Labute approximate surface area is 253 Å². The standard InChI is InChI=1S/C31H32ClFN4O6/c1-31(24-7-5-21(32)17-25(24)33)42-26-4-2-3-23(29(26)43-31)20-9-11-35(12-10-20)19-27-34-18-22(6-8-28(38)39)37(27)14-13-36-15-16-41-30(36)40/h2-8,17-18,20H,9-16,19H2,1H3,(H,38,39)/b8-6+. The highest BCUT2D eigenvalue weighted by Crippen LogP contribution is 2.49. The number of carboxylic acids is 1. The quantitative estimate of drug-likeness (QED) is 0.328. The number of carbonyl (C=O) groups excluding carboxylic acids is 1. The van der Waals surface area contributed by atoms with Crippen LogP contribution in [0.3, 0.4) is 0 Å². The number of fused-ring (bicyclic) bond motifs is 1. The number of ether oxygens (including phenoxy) is 3. The maximum absolute atomic E-state index is 14.8. The van der Waals surface area contributed by atoms with Crippen LogP contribution < -0.4 is 9.47 Å². The van der Waals surface area contributed by atoms with Gasteiger partial charge in [0.1, 0.15) is 18.2 Å². The topological polar surface area (TPSA) is 106 Å². The highest BCUT2D eigenvalue weighted by Gasteiger charge is 2.43. The van der Waals surface area contributed by atoms with E-state index < -0.39 is 17.6 Å². The summed E-state index contributed by atoms with van der Waals surface area (Å²) in [6, 6.07) is 10.3. The van der Waals surface area contributed by atoms with Crippen molar-refractivity contribution in [2.75, 3.05) is 32.8 Å². The Hall–Kier alpha value is -4.09. The summed E-state index contributed by atoms with van der Waals surface area (Å²) in [4.78, 5) is 31.6. The molecule has 0 aliphatic carbocycles. The molecule has 10 nitrogen and oxygen atoms in total. The Bertz CT molecular complexity index is 1570. The molecule has 2 saturated heterocycles. The first-order valence-corrected chi connectivity index (χ1v) is 14.6. The van der Waals surface area contributed by atoms with Crippen molar-refractivity contribution >= 4 is 29.7 Å². The van der Waals surface area contributed by atoms with Crippen molar-refractivity contribution in [1.29, 1.82) is 0 Å². The van der Waals surface area contributed by atoms with Crippen molar-refractivity contribution in [1.82, 2.24) is 19.4 Å². The van der Waals surface area contributed by atoms with E-state index in [-0.39, 0.29) is 17.6 Å². The molecule has 1 unspecified atom stereocenters. The lowest BCUT2D eigenvalue weighted by Crippen LogP contribution is -2.34. The molecule has 3 aliphatic rings. The predicted octanol–water partition coefficient (Wildman–Crippen LogP) is 5.25. The first kappa shape index (κ1) is 29.0. The third kappa shape index (κ3) is 6.05. The number of piperidine rings is 1. The molecule has 0 saturated carbocycles. The number of cyclic esters (lactones) is 1. The molecule has 1 amide bonds. The van der Waals surface area contributed by atoms with Crippen LogP contribution in [0.2, 0.25) is 5.02 Å². The number of imidazole rings is 1. The third-order valence-corrected chi connectivity index (χ3v) is 8.46. The number of carbonyl (C=O) groups is 2. The van der Waals surface area contributed by atoms with Gasteiger partial charge in [-0.05, 0) is 62.2 Å². The van der Waals surface area contributed by atoms with Crippen LogP contribution in [0.5, 0.6) is 11.5 Å². The zero-order valence-electron chi connectivity index (χ0n) is 23.7. The predicted molar refractivity (Wildman–Crippen MR) is 156 cm³/mol. The van der Waals surface area contributed by atoms with Crippen molar-refractivity contribution < 1.29 is 33.3 Å². The first-order chi connectivity index (χ1) is 20.7. The number of amides is 1. The fourth-order valence-electron chi connectivity index (χ4n) is 5.99. The molecule has 12 heteroatoms. The summed E-state index contributed by atoms with van der Waals surface area (Å²) in [5.41, 5.74) is 1.98. The van der Waals surface area contributed by atoms with Crippen molar-refractivity contribution in [3.63, 3.8) is 0 Å². The van der Waals surface area contributed by atoms with E-state index in [1.165, 1.54) is 12.1 Å². The van der Waals surface area contributed by atoms with Crippen LogP contribution in [-0.4, -0.2) is 69.3 Å². The number of halogens is 2. The first-order valence-electron chi connectivity index (χ1n) is 14.3. The van der Waals surface area contributed by atoms with Crippen molar-refractivity contribution in [2.24, 2.45) is 0 Å². The molecule has 2 fully saturated rings. The van der Waals surface area contributed by atoms with Crippen molar-refractivity contribution in [2.45, 2.75) is 44.6 Å². The number of hydrogen-bond acceptors (Lipinski definition) is 7. The molecule has 43 heavy (non-hydrogen) atoms. The van der Waals surface area contributed by atoms with Crippen LogP contribution in [0.1, 0.15) is 48.3 Å². The van der Waals surface area contributed by atoms with E-state index in [0.717, 1.165) is 43.4 Å². The van der Waals surface area contributed by atoms with E-state index >= 15 is 0 Å². The molecule has 1 atom stereocenters. The van der Waals surface area contributed by atoms with E-state index in [4.69, 9.17) is 30.9 Å². The zero-order chi connectivity index (χ0) is 30.1. The number of nitrogens with zero attached hydrogens (tertiary/aromatic N) is 4. The number of aliphatic carboxylic acids is 1. The van der Waals surface area contributed by atoms with E-state index in [0.29, 0.717) is 55.0 Å². The maximum atomic E-state index is 14.8. The van der Waals surface area contributed by atoms with Gasteiger partial charge in [-0.2, -0.15) is 0 Å². The smallest absolute Gasteiger partial charge is 0.410 e. The van der Waals surface area contributed by atoms with E-state index in [2.05, 4.69) is 9.88 Å². The average molecular weight is 611 g/mol. The summed E-state index contributed by atoms with van der Waals surface area (Å²) in [6.45, 7) is 5.73. The second-order valence-electron chi connectivity index (χ2n) is 11.0. The lowest BCUT2D eigenvalue weighted by Gasteiger charge is -2.32. The van der Waals surface area contributed by atoms with Gasteiger partial charge in [-0.25, -0.2) is 19.0 Å². The molecule has 4 heterocycles. The maximum Gasteiger partial charge on any atom is 0.410 e. The van der Waals surface area contributed by atoms with Crippen LogP contribution in [0.15, 0.2) is 48.7 Å². The minimum atomic E-state index is -1.30. The Morgan fingerprint density at radius 3 is 2.72 bits per heavy atom. The number of hydrogen-bond donors (Lipinski definition) is 1. The highest BCUT2D eigenvalue weighted by atomic mass is 35.5. The van der Waals surface area contributed by atoms with Gasteiger partial charge in [-0.15, -0.1) is 0 Å². The molecule has 1 N–H and O–H groups in total. The number of rotatable bonds is 9. The Morgan fingerprint density at radius 2 is 2.00 bits per heavy atom. The summed E-state index contributed by atoms with van der Waals surface area (Å²) in [7, 11) is 0. The number of aromatic nitrogens is 2. The zero-order valence-corrected chi connectivity index (χ0v) is 24.4. The van der Waals surface area contributed by atoms with Gasteiger partial charge in [0.2, 0.25) is 0 Å². The van der Waals surface area contributed by atoms with Crippen LogP contribution in [0.4, 0.5) is 9.18 Å². The highest BCUT2D eigenvalue weighted by molar-refractivity contribution is 6.30. The fourth-order valence-corrected chi connectivity index (χ4v) is 6.15. The summed E-state index contributed by atoms with van der Waals surface area (Å²) >= 11 is 5.96. The number of carboxylic acid groups (broad SMARTS) is 1. The lowest BCUT2D eigenvalue weighted by molar-refractivity contribution is -0.131. The summed E-state index contributed by atoms with van der Waals surface area (Å²) in [5.74, 6) is -0.579. The molecule has 3 aliphatic heterocycles. The number of benzene rings is 2. The van der Waals surface area contributed by atoms with Gasteiger partial charge in [0.05, 0.1) is 30.5 Å². The van der Waals surface area contributed by atoms with Crippen LogP contribution in [-0.2, 0) is 28.4 Å². The molecule has 1 aromatic heterocycles. The molecule has 0 spiro atoms. The van der Waals surface area contributed by atoms with Gasteiger partial charge in [-0.3, -0.25) is 4.90 Å². The van der Waals surface area contributed by atoms with Crippen LogP contribution in [0.25, 0.3) is 6.08 Å². The van der Waals surface area contributed by atoms with E-state index in [1.54, 1.807) is 30.2 Å². The summed E-state index contributed by atoms with van der Waals surface area (Å²) in [5, 5.41) is 9.43. The molecule has 6 rings (SSSR count). The molecule has 0 radical (unpaired) electrons. The minimum Gasteiger partial charge on any atom is -0.478 e. The molecular weight excluding hydrogens is 579 g/mol. The van der Waals surface area contributed by atoms with Crippen LogP contribution >= 0.6 is 11.6 Å². The van der Waals surface area contributed by atoms with E-state index in [1.807, 2.05) is 22.8 Å². The molecular formula is C31H32ClFN4O6. The van der Waals surface area contributed by atoms with Crippen molar-refractivity contribution in [3.8, 4) is 11.5 Å². The van der Waals surface area contributed by atoms with Gasteiger partial charge in [-0.1, -0.05) is 23.7 Å². The van der Waals surface area contributed by atoms with Crippen molar-refractivity contribution in [3.05, 3.63) is 82.2 Å². The largest absolute Gasteiger partial charge is 0.478 e. The minimum absolute atomic E-state index is 0.224. The number of likely N-dealkylation sites (tertiary alicyclic amines) is 1. The second-order valence-corrected chi connectivity index (χ2v) is 11.5. The summed E-state index contributed by atoms with van der Waals surface area (Å²) < 4.78 is 34.3. The average Bonchev–Trinajstić information content (AvgIpc) is 3.67. The lowest BCUT2D eigenvalue weighted by atomic mass is 9.88. The third-order valence-electron chi connectivity index (χ3n) is 8.23. The number of para-hydroxylation sites is 1. The molecule has 3 aromatic rings. The molecule has 226 valence electrons. The second kappa shape index (κ2) is 11.9. The summed E-state index contributed by atoms with van der Waals surface area (Å²) in [6.07, 6.45) is 5.68. The Balaban J connectivity index is 1.13. The van der Waals surface area contributed by atoms with Gasteiger partial charge < -0.3 is 28.8 Å². The monoisotopic (exact) mass is 610 g/mol. The van der Waals surface area contributed by atoms with Gasteiger partial charge in [0, 0.05) is 36.7 Å². The SMILES string of the molecule is CC1(c2ccc(Cl)cc2F)Oc2cccc(C3CCN(Cc4ncc(/C=C/C(=O)O)n4CCN4CCOC4=O)CC3)c2O1. The van der Waals surface area contributed by atoms with Gasteiger partial charge >= 0.3 is 12.1 Å². The Kier molecular flexibility index (Phi) is 8.02. The molecule has 2 aromatic carbocycles. The molecule has 0 bridgehead atoms. The van der Waals surface area contributed by atoms with Gasteiger partial charge in [0.25, 0.3) is 5.79 Å². The fraction of sp³-hybridized carbons (Fsp3) is 0.387. The van der Waals surface area contributed by atoms with E-state index in [9.17, 15) is 14.0 Å². The Morgan fingerprint density at radius 1 is 1.19 bits per heavy atom. The normalized spacial score (nSPS) is 20.7. The van der Waals surface area contributed by atoms with Gasteiger partial charge in [0.15, 0.2) is 11.5 Å².